The van der Waals surface area contributed by atoms with E-state index in [2.05, 4.69) is 31.4 Å². The van der Waals surface area contributed by atoms with Crippen LogP contribution in [-0.2, 0) is 11.3 Å². The van der Waals surface area contributed by atoms with Crippen LogP contribution >= 0.6 is 0 Å². The van der Waals surface area contributed by atoms with E-state index >= 15 is 0 Å². The maximum Gasteiger partial charge on any atom is 0.257 e. The number of hydrogen-bond donors (Lipinski definition) is 2. The fraction of sp³-hybridized carbons (Fsp3) is 0.562. The van der Waals surface area contributed by atoms with E-state index in [-0.39, 0.29) is 18.1 Å². The van der Waals surface area contributed by atoms with Crippen molar-refractivity contribution < 1.29 is 9.53 Å². The first-order chi connectivity index (χ1) is 9.33. The summed E-state index contributed by atoms with van der Waals surface area (Å²) in [5.41, 5.74) is 2.16. The summed E-state index contributed by atoms with van der Waals surface area (Å²) in [6.07, 6.45) is 0. The molecule has 0 aliphatic rings. The topological polar surface area (TPSA) is 50.4 Å². The number of ether oxygens (including phenoxy) is 1. The van der Waals surface area contributed by atoms with Crippen LogP contribution in [0.2, 0.25) is 0 Å². The first kappa shape index (κ1) is 16.5. The molecule has 0 unspecified atom stereocenters. The Hall–Kier alpha value is -1.55. The highest BCUT2D eigenvalue weighted by atomic mass is 16.5. The molecule has 0 aromatic heterocycles. The molecular weight excluding hydrogens is 252 g/mol. The fourth-order valence-electron chi connectivity index (χ4n) is 1.81. The molecule has 0 bridgehead atoms. The largest absolute Gasteiger partial charge is 0.483 e. The molecule has 20 heavy (non-hydrogen) atoms. The lowest BCUT2D eigenvalue weighted by atomic mass is 10.1. The predicted molar refractivity (Wildman–Crippen MR) is 82.0 cm³/mol. The van der Waals surface area contributed by atoms with E-state index in [1.165, 1.54) is 0 Å². The molecule has 1 aromatic carbocycles. The third-order valence-electron chi connectivity index (χ3n) is 2.82. The molecular formula is C16H26N2O2. The molecule has 1 amide bonds. The van der Waals surface area contributed by atoms with Crippen molar-refractivity contribution >= 4 is 5.91 Å². The van der Waals surface area contributed by atoms with E-state index in [4.69, 9.17) is 4.74 Å². The van der Waals surface area contributed by atoms with Crippen molar-refractivity contribution in [3.63, 3.8) is 0 Å². The molecule has 0 heterocycles. The highest BCUT2D eigenvalue weighted by molar-refractivity contribution is 5.77. The van der Waals surface area contributed by atoms with E-state index in [0.717, 1.165) is 23.4 Å². The van der Waals surface area contributed by atoms with Gasteiger partial charge in [-0.05, 0) is 40.2 Å². The molecule has 0 saturated carbocycles. The number of para-hydroxylation sites is 1. The maximum absolute atomic E-state index is 11.5. The van der Waals surface area contributed by atoms with Gasteiger partial charge in [0.1, 0.15) is 5.75 Å². The van der Waals surface area contributed by atoms with Crippen molar-refractivity contribution in [2.24, 2.45) is 0 Å². The Bertz CT molecular complexity index is 450. The summed E-state index contributed by atoms with van der Waals surface area (Å²) >= 11 is 0. The van der Waals surface area contributed by atoms with Crippen LogP contribution in [0, 0.1) is 6.92 Å². The second kappa shape index (κ2) is 7.29. The van der Waals surface area contributed by atoms with Gasteiger partial charge < -0.3 is 15.4 Å². The lowest BCUT2D eigenvalue weighted by molar-refractivity contribution is -0.123. The van der Waals surface area contributed by atoms with Gasteiger partial charge in [-0.3, -0.25) is 4.79 Å². The number of hydrogen-bond acceptors (Lipinski definition) is 3. The highest BCUT2D eigenvalue weighted by Crippen LogP contribution is 2.23. The minimum Gasteiger partial charge on any atom is -0.483 e. The van der Waals surface area contributed by atoms with E-state index in [9.17, 15) is 4.79 Å². The van der Waals surface area contributed by atoms with Crippen LogP contribution in [0.5, 0.6) is 5.75 Å². The summed E-state index contributed by atoms with van der Waals surface area (Å²) in [7, 11) is 0. The summed E-state index contributed by atoms with van der Waals surface area (Å²) in [4.78, 5) is 11.5. The maximum atomic E-state index is 11.5. The summed E-state index contributed by atoms with van der Waals surface area (Å²) in [5, 5.41) is 6.17. The number of benzene rings is 1. The van der Waals surface area contributed by atoms with Gasteiger partial charge in [0.25, 0.3) is 5.91 Å². The summed E-state index contributed by atoms with van der Waals surface area (Å²) in [6, 6.07) is 6.03. The SMILES string of the molecule is CCNC(=O)COc1c(C)cccc1CNC(C)(C)C. The Kier molecular flexibility index (Phi) is 6.02. The number of carbonyl (C=O) groups is 1. The van der Waals surface area contributed by atoms with Gasteiger partial charge >= 0.3 is 0 Å². The third kappa shape index (κ3) is 5.61. The highest BCUT2D eigenvalue weighted by Gasteiger charge is 2.13. The van der Waals surface area contributed by atoms with E-state index in [1.54, 1.807) is 0 Å². The third-order valence-corrected chi connectivity index (χ3v) is 2.82. The van der Waals surface area contributed by atoms with Gasteiger partial charge in [0.15, 0.2) is 6.61 Å². The van der Waals surface area contributed by atoms with Gasteiger partial charge in [0, 0.05) is 24.2 Å². The Balaban J connectivity index is 2.75. The lowest BCUT2D eigenvalue weighted by Crippen LogP contribution is -2.35. The normalized spacial score (nSPS) is 11.2. The number of rotatable bonds is 6. The molecule has 1 rings (SSSR count). The van der Waals surface area contributed by atoms with Crippen LogP contribution < -0.4 is 15.4 Å². The van der Waals surface area contributed by atoms with Crippen LogP contribution in [-0.4, -0.2) is 24.6 Å². The summed E-state index contributed by atoms with van der Waals surface area (Å²) in [6.45, 7) is 11.7. The van der Waals surface area contributed by atoms with Crippen molar-refractivity contribution in [1.29, 1.82) is 0 Å². The van der Waals surface area contributed by atoms with Crippen molar-refractivity contribution in [2.45, 2.75) is 46.7 Å². The minimum absolute atomic E-state index is 0.0423. The van der Waals surface area contributed by atoms with Crippen LogP contribution in [0.3, 0.4) is 0 Å². The molecule has 4 nitrogen and oxygen atoms in total. The van der Waals surface area contributed by atoms with Crippen molar-refractivity contribution in [1.82, 2.24) is 10.6 Å². The summed E-state index contributed by atoms with van der Waals surface area (Å²) < 4.78 is 5.70. The summed E-state index contributed by atoms with van der Waals surface area (Å²) in [5.74, 6) is 0.709. The van der Waals surface area contributed by atoms with Gasteiger partial charge in [-0.15, -0.1) is 0 Å². The number of amides is 1. The smallest absolute Gasteiger partial charge is 0.257 e. The Labute approximate surface area is 121 Å². The van der Waals surface area contributed by atoms with Crippen molar-refractivity contribution in [3.8, 4) is 5.75 Å². The number of likely N-dealkylation sites (N-methyl/N-ethyl adjacent to an activating group) is 1. The van der Waals surface area contributed by atoms with Crippen LogP contribution in [0.1, 0.15) is 38.8 Å². The Morgan fingerprint density at radius 1 is 1.30 bits per heavy atom. The first-order valence-electron chi connectivity index (χ1n) is 7.06. The lowest BCUT2D eigenvalue weighted by Gasteiger charge is -2.22. The molecule has 0 radical (unpaired) electrons. The first-order valence-corrected chi connectivity index (χ1v) is 7.06. The molecule has 1 aromatic rings. The van der Waals surface area contributed by atoms with E-state index in [1.807, 2.05) is 32.0 Å². The predicted octanol–water partition coefficient (Wildman–Crippen LogP) is 2.40. The Morgan fingerprint density at radius 3 is 2.60 bits per heavy atom. The zero-order chi connectivity index (χ0) is 15.2. The Morgan fingerprint density at radius 2 is 2.00 bits per heavy atom. The molecule has 0 saturated heterocycles. The second-order valence-electron chi connectivity index (χ2n) is 5.91. The molecule has 4 heteroatoms. The molecule has 0 fully saturated rings. The van der Waals surface area contributed by atoms with Crippen molar-refractivity contribution in [2.75, 3.05) is 13.2 Å². The van der Waals surface area contributed by atoms with E-state index in [0.29, 0.717) is 6.54 Å². The average Bonchev–Trinajstić information content (AvgIpc) is 2.34. The minimum atomic E-state index is -0.0921. The number of nitrogens with one attached hydrogen (secondary N) is 2. The zero-order valence-corrected chi connectivity index (χ0v) is 13.2. The average molecular weight is 278 g/mol. The van der Waals surface area contributed by atoms with Crippen molar-refractivity contribution in [3.05, 3.63) is 29.3 Å². The number of aryl methyl sites for hydroxylation is 1. The molecule has 0 aliphatic heterocycles. The standard InChI is InChI=1S/C16H26N2O2/c1-6-17-14(19)11-20-15-12(2)8-7-9-13(15)10-18-16(3,4)5/h7-9,18H,6,10-11H2,1-5H3,(H,17,19). The monoisotopic (exact) mass is 278 g/mol. The molecule has 112 valence electrons. The quantitative estimate of drug-likeness (QED) is 0.840. The van der Waals surface area contributed by atoms with Gasteiger partial charge in [0.05, 0.1) is 0 Å². The van der Waals surface area contributed by atoms with Crippen LogP contribution in [0.4, 0.5) is 0 Å². The second-order valence-corrected chi connectivity index (χ2v) is 5.91. The molecule has 2 N–H and O–H groups in total. The van der Waals surface area contributed by atoms with E-state index < -0.39 is 0 Å². The zero-order valence-electron chi connectivity index (χ0n) is 13.2. The fourth-order valence-corrected chi connectivity index (χ4v) is 1.81. The van der Waals surface area contributed by atoms with Gasteiger partial charge in [-0.2, -0.15) is 0 Å². The van der Waals surface area contributed by atoms with Crippen LogP contribution in [0.15, 0.2) is 18.2 Å². The van der Waals surface area contributed by atoms with Crippen LogP contribution in [0.25, 0.3) is 0 Å². The van der Waals surface area contributed by atoms with Gasteiger partial charge in [0.2, 0.25) is 0 Å². The van der Waals surface area contributed by atoms with Gasteiger partial charge in [-0.25, -0.2) is 0 Å². The number of carbonyl (C=O) groups excluding carboxylic acids is 1. The van der Waals surface area contributed by atoms with Gasteiger partial charge in [-0.1, -0.05) is 18.2 Å². The molecule has 0 aliphatic carbocycles. The molecule has 0 spiro atoms. The molecule has 0 atom stereocenters.